The SMILES string of the molecule is O=C(CSc1nc(Nc2ccccc2)c2ccccc2n1)N(C1CC1)[C@H]1CCS(=O)(=O)C1. The van der Waals surface area contributed by atoms with Crippen molar-refractivity contribution >= 4 is 49.9 Å². The van der Waals surface area contributed by atoms with Crippen molar-refractivity contribution in [1.29, 1.82) is 0 Å². The summed E-state index contributed by atoms with van der Waals surface area (Å²) in [6.07, 6.45) is 2.43. The van der Waals surface area contributed by atoms with Gasteiger partial charge in [-0.15, -0.1) is 0 Å². The number of aromatic nitrogens is 2. The molecule has 0 bridgehead atoms. The van der Waals surface area contributed by atoms with Crippen LogP contribution in [0.5, 0.6) is 0 Å². The van der Waals surface area contributed by atoms with Crippen molar-refractivity contribution in [2.24, 2.45) is 0 Å². The minimum absolute atomic E-state index is 0.0334. The Labute approximate surface area is 191 Å². The molecule has 5 rings (SSSR count). The second-order valence-corrected chi connectivity index (χ2v) is 11.4. The van der Waals surface area contributed by atoms with Gasteiger partial charge in [-0.05, 0) is 43.5 Å². The molecule has 2 fully saturated rings. The molecule has 2 aromatic carbocycles. The van der Waals surface area contributed by atoms with E-state index < -0.39 is 9.84 Å². The molecule has 3 aromatic rings. The maximum atomic E-state index is 13.1. The number of carbonyl (C=O) groups is 1. The zero-order valence-electron chi connectivity index (χ0n) is 17.5. The van der Waals surface area contributed by atoms with Crippen molar-refractivity contribution < 1.29 is 13.2 Å². The molecule has 7 nitrogen and oxygen atoms in total. The van der Waals surface area contributed by atoms with E-state index in [-0.39, 0.29) is 35.2 Å². The highest BCUT2D eigenvalue weighted by Crippen LogP contribution is 2.33. The van der Waals surface area contributed by atoms with Crippen LogP contribution in [-0.4, -0.2) is 58.5 Å². The van der Waals surface area contributed by atoms with Crippen molar-refractivity contribution in [2.75, 3.05) is 22.6 Å². The molecule has 1 aliphatic heterocycles. The zero-order valence-corrected chi connectivity index (χ0v) is 19.1. The fourth-order valence-electron chi connectivity index (χ4n) is 4.13. The molecule has 0 radical (unpaired) electrons. The average Bonchev–Trinajstić information content (AvgIpc) is 3.55. The number of nitrogens with zero attached hydrogens (tertiary/aromatic N) is 3. The van der Waals surface area contributed by atoms with E-state index in [9.17, 15) is 13.2 Å². The van der Waals surface area contributed by atoms with E-state index >= 15 is 0 Å². The Morgan fingerprint density at radius 2 is 1.75 bits per heavy atom. The standard InChI is InChI=1S/C23H24N4O3S2/c28-21(27(17-10-11-17)18-12-13-32(29,30)15-18)14-31-23-25-20-9-5-4-8-19(20)22(26-23)24-16-6-2-1-3-7-16/h1-9,17-18H,10-15H2,(H,24,25,26)/t18-/m0/s1. The molecule has 1 amide bonds. The largest absolute Gasteiger partial charge is 0.340 e. The number of benzene rings is 2. The highest BCUT2D eigenvalue weighted by molar-refractivity contribution is 7.99. The first-order valence-corrected chi connectivity index (χ1v) is 13.5. The number of para-hydroxylation sites is 2. The van der Waals surface area contributed by atoms with Gasteiger partial charge in [0.1, 0.15) is 5.82 Å². The summed E-state index contributed by atoms with van der Waals surface area (Å²) in [5.41, 5.74) is 1.72. The lowest BCUT2D eigenvalue weighted by Crippen LogP contribution is -2.43. The summed E-state index contributed by atoms with van der Waals surface area (Å²) >= 11 is 1.30. The summed E-state index contributed by atoms with van der Waals surface area (Å²) in [6.45, 7) is 0. The maximum absolute atomic E-state index is 13.1. The van der Waals surface area contributed by atoms with Gasteiger partial charge >= 0.3 is 0 Å². The molecule has 1 aliphatic carbocycles. The van der Waals surface area contributed by atoms with Crippen molar-refractivity contribution in [3.8, 4) is 0 Å². The van der Waals surface area contributed by atoms with Gasteiger partial charge in [-0.2, -0.15) is 0 Å². The highest BCUT2D eigenvalue weighted by Gasteiger charge is 2.41. The van der Waals surface area contributed by atoms with Crippen LogP contribution in [0.2, 0.25) is 0 Å². The van der Waals surface area contributed by atoms with Crippen LogP contribution in [0.25, 0.3) is 10.9 Å². The number of carbonyl (C=O) groups excluding carboxylic acids is 1. The quantitative estimate of drug-likeness (QED) is 0.418. The normalized spacial score (nSPS) is 19.7. The number of anilines is 2. The Balaban J connectivity index is 1.35. The predicted octanol–water partition coefficient (Wildman–Crippen LogP) is 3.64. The first-order valence-electron chi connectivity index (χ1n) is 10.7. The van der Waals surface area contributed by atoms with Crippen LogP contribution in [0, 0.1) is 0 Å². The number of amides is 1. The maximum Gasteiger partial charge on any atom is 0.233 e. The smallest absolute Gasteiger partial charge is 0.233 e. The zero-order chi connectivity index (χ0) is 22.1. The van der Waals surface area contributed by atoms with Gasteiger partial charge in [0.25, 0.3) is 0 Å². The van der Waals surface area contributed by atoms with Gasteiger partial charge in [-0.1, -0.05) is 42.1 Å². The van der Waals surface area contributed by atoms with Gasteiger partial charge in [-0.25, -0.2) is 18.4 Å². The number of hydrogen-bond donors (Lipinski definition) is 1. The van der Waals surface area contributed by atoms with Crippen molar-refractivity contribution in [3.63, 3.8) is 0 Å². The second-order valence-electron chi connectivity index (χ2n) is 8.24. The fraction of sp³-hybridized carbons (Fsp3) is 0.348. The highest BCUT2D eigenvalue weighted by atomic mass is 32.2. The van der Waals surface area contributed by atoms with Gasteiger partial charge in [0.2, 0.25) is 5.91 Å². The average molecular weight is 469 g/mol. The molecular formula is C23H24N4O3S2. The summed E-state index contributed by atoms with van der Waals surface area (Å²) in [5.74, 6) is 1.10. The van der Waals surface area contributed by atoms with Crippen LogP contribution in [-0.2, 0) is 14.6 Å². The Kier molecular flexibility index (Phi) is 5.77. The first-order chi connectivity index (χ1) is 15.5. The van der Waals surface area contributed by atoms with Gasteiger partial charge in [0, 0.05) is 23.2 Å². The molecule has 9 heteroatoms. The third-order valence-corrected chi connectivity index (χ3v) is 8.36. The molecule has 32 heavy (non-hydrogen) atoms. The number of sulfone groups is 1. The minimum atomic E-state index is -3.04. The third kappa shape index (κ3) is 4.73. The molecule has 1 saturated carbocycles. The topological polar surface area (TPSA) is 92.3 Å². The molecule has 2 aliphatic rings. The first kappa shape index (κ1) is 21.2. The minimum Gasteiger partial charge on any atom is -0.340 e. The van der Waals surface area contributed by atoms with Crippen LogP contribution >= 0.6 is 11.8 Å². The molecule has 0 spiro atoms. The van der Waals surface area contributed by atoms with Crippen LogP contribution in [0.3, 0.4) is 0 Å². The second kappa shape index (κ2) is 8.71. The fourth-order valence-corrected chi connectivity index (χ4v) is 6.56. The summed E-state index contributed by atoms with van der Waals surface area (Å²) in [4.78, 5) is 24.2. The van der Waals surface area contributed by atoms with E-state index in [0.717, 1.165) is 29.4 Å². The number of hydrogen-bond acceptors (Lipinski definition) is 7. The molecule has 0 unspecified atom stereocenters. The molecule has 1 saturated heterocycles. The van der Waals surface area contributed by atoms with E-state index in [0.29, 0.717) is 17.4 Å². The number of nitrogens with one attached hydrogen (secondary N) is 1. The predicted molar refractivity (Wildman–Crippen MR) is 127 cm³/mol. The number of fused-ring (bicyclic) bond motifs is 1. The summed E-state index contributed by atoms with van der Waals surface area (Å²) < 4.78 is 23.9. The molecule has 2 heterocycles. The Bertz CT molecular complexity index is 1250. The van der Waals surface area contributed by atoms with Gasteiger partial charge < -0.3 is 10.2 Å². The van der Waals surface area contributed by atoms with Crippen molar-refractivity contribution in [1.82, 2.24) is 14.9 Å². The van der Waals surface area contributed by atoms with Crippen LogP contribution in [0.4, 0.5) is 11.5 Å². The Hall–Kier alpha value is -2.65. The summed E-state index contributed by atoms with van der Waals surface area (Å²) in [5, 5.41) is 4.78. The van der Waals surface area contributed by atoms with E-state index in [2.05, 4.69) is 15.3 Å². The summed E-state index contributed by atoms with van der Waals surface area (Å²) in [7, 11) is -3.04. The van der Waals surface area contributed by atoms with Gasteiger partial charge in [0.05, 0.1) is 22.8 Å². The molecule has 166 valence electrons. The lowest BCUT2D eigenvalue weighted by molar-refractivity contribution is -0.130. The van der Waals surface area contributed by atoms with Crippen LogP contribution < -0.4 is 5.32 Å². The number of thioether (sulfide) groups is 1. The van der Waals surface area contributed by atoms with E-state index in [1.165, 1.54) is 11.8 Å². The van der Waals surface area contributed by atoms with Crippen LogP contribution in [0.1, 0.15) is 19.3 Å². The van der Waals surface area contributed by atoms with E-state index in [4.69, 9.17) is 0 Å². The lowest BCUT2D eigenvalue weighted by atomic mass is 10.2. The summed E-state index contributed by atoms with van der Waals surface area (Å²) in [6, 6.07) is 17.5. The Morgan fingerprint density at radius 1 is 1.00 bits per heavy atom. The molecule has 1 aromatic heterocycles. The van der Waals surface area contributed by atoms with Gasteiger partial charge in [-0.3, -0.25) is 4.79 Å². The lowest BCUT2D eigenvalue weighted by Gasteiger charge is -2.28. The third-order valence-electron chi connectivity index (χ3n) is 5.77. The van der Waals surface area contributed by atoms with Gasteiger partial charge in [0.15, 0.2) is 15.0 Å². The monoisotopic (exact) mass is 468 g/mol. The Morgan fingerprint density at radius 3 is 2.47 bits per heavy atom. The van der Waals surface area contributed by atoms with Crippen molar-refractivity contribution in [2.45, 2.75) is 36.5 Å². The van der Waals surface area contributed by atoms with E-state index in [1.54, 1.807) is 0 Å². The molecule has 1 atom stereocenters. The van der Waals surface area contributed by atoms with Crippen molar-refractivity contribution in [3.05, 3.63) is 54.6 Å². The number of rotatable bonds is 7. The molecular weight excluding hydrogens is 444 g/mol. The van der Waals surface area contributed by atoms with E-state index in [1.807, 2.05) is 59.5 Å². The molecule has 1 N–H and O–H groups in total. The van der Waals surface area contributed by atoms with Crippen LogP contribution in [0.15, 0.2) is 59.8 Å².